The van der Waals surface area contributed by atoms with Gasteiger partial charge < -0.3 is 20.1 Å². The second-order valence-corrected chi connectivity index (χ2v) is 6.11. The van der Waals surface area contributed by atoms with Crippen LogP contribution in [0.3, 0.4) is 0 Å². The van der Waals surface area contributed by atoms with Crippen LogP contribution in [0.25, 0.3) is 0 Å². The Hall–Kier alpha value is -0.120. The van der Waals surface area contributed by atoms with E-state index in [0.717, 1.165) is 71.3 Å². The lowest BCUT2D eigenvalue weighted by molar-refractivity contribution is -0.0679. The van der Waals surface area contributed by atoms with Crippen LogP contribution in [-0.2, 0) is 9.47 Å². The topological polar surface area (TPSA) is 58.1 Å². The number of ether oxygens (including phenoxy) is 2. The van der Waals surface area contributed by atoms with Gasteiger partial charge in [-0.25, -0.2) is 0 Å². The molecule has 1 fully saturated rings. The summed E-state index contributed by atoms with van der Waals surface area (Å²) < 4.78 is 11.1. The van der Waals surface area contributed by atoms with Crippen LogP contribution in [-0.4, -0.2) is 75.5 Å². The summed E-state index contributed by atoms with van der Waals surface area (Å²) in [7, 11) is 0. The maximum absolute atomic E-state index is 5.77. The molecule has 0 aliphatic carbocycles. The fourth-order valence-corrected chi connectivity index (χ4v) is 2.82. The molecule has 1 rings (SSSR count). The number of guanidine groups is 1. The summed E-state index contributed by atoms with van der Waals surface area (Å²) in [5.74, 6) is 0.910. The van der Waals surface area contributed by atoms with Crippen LogP contribution in [0, 0.1) is 0 Å². The van der Waals surface area contributed by atoms with Crippen molar-refractivity contribution in [1.29, 1.82) is 0 Å². The average molecular weight is 456 g/mol. The second kappa shape index (κ2) is 15.2. The van der Waals surface area contributed by atoms with Crippen molar-refractivity contribution in [3.63, 3.8) is 0 Å². The first-order chi connectivity index (χ1) is 11.2. The molecule has 0 saturated carbocycles. The molecule has 2 atom stereocenters. The summed E-state index contributed by atoms with van der Waals surface area (Å²) in [5.41, 5.74) is 0. The van der Waals surface area contributed by atoms with Crippen LogP contribution in [0.15, 0.2) is 4.99 Å². The Morgan fingerprint density at radius 2 is 1.88 bits per heavy atom. The van der Waals surface area contributed by atoms with Crippen molar-refractivity contribution >= 4 is 29.9 Å². The van der Waals surface area contributed by atoms with Gasteiger partial charge in [-0.05, 0) is 40.5 Å². The number of morpholine rings is 1. The molecule has 6 nitrogen and oxygen atoms in total. The summed E-state index contributed by atoms with van der Waals surface area (Å²) in [6.07, 6.45) is 2.77. The van der Waals surface area contributed by atoms with Gasteiger partial charge in [0, 0.05) is 52.5 Å². The number of hydrogen-bond acceptors (Lipinski definition) is 4. The van der Waals surface area contributed by atoms with Crippen LogP contribution in [0.5, 0.6) is 0 Å². The normalized spacial score (nSPS) is 22.1. The van der Waals surface area contributed by atoms with Gasteiger partial charge in [-0.3, -0.25) is 9.89 Å². The highest BCUT2D eigenvalue weighted by Gasteiger charge is 2.21. The van der Waals surface area contributed by atoms with Crippen molar-refractivity contribution in [3.05, 3.63) is 0 Å². The minimum absolute atomic E-state index is 0. The zero-order chi connectivity index (χ0) is 16.9. The molecule has 0 aromatic rings. The van der Waals surface area contributed by atoms with E-state index in [2.05, 4.69) is 41.3 Å². The fourth-order valence-electron chi connectivity index (χ4n) is 2.82. The van der Waals surface area contributed by atoms with Gasteiger partial charge in [0.05, 0.1) is 12.2 Å². The molecule has 0 bridgehead atoms. The van der Waals surface area contributed by atoms with E-state index in [-0.39, 0.29) is 24.0 Å². The van der Waals surface area contributed by atoms with E-state index in [1.54, 1.807) is 0 Å². The van der Waals surface area contributed by atoms with Crippen LogP contribution in [0.2, 0.25) is 0 Å². The number of nitrogens with zero attached hydrogens (tertiary/aromatic N) is 2. The first-order valence-electron chi connectivity index (χ1n) is 9.13. The SMILES string of the molecule is CCNC(=NCCCOCC)NCCCN1CC(C)OC(C)C1.I. The molecule has 1 saturated heterocycles. The molecule has 0 radical (unpaired) electrons. The van der Waals surface area contributed by atoms with Gasteiger partial charge in [0.15, 0.2) is 5.96 Å². The van der Waals surface area contributed by atoms with E-state index >= 15 is 0 Å². The molecule has 0 aromatic heterocycles. The van der Waals surface area contributed by atoms with Gasteiger partial charge >= 0.3 is 0 Å². The molecule has 24 heavy (non-hydrogen) atoms. The largest absolute Gasteiger partial charge is 0.382 e. The van der Waals surface area contributed by atoms with Crippen molar-refractivity contribution in [3.8, 4) is 0 Å². The third-order valence-electron chi connectivity index (χ3n) is 3.70. The highest BCUT2D eigenvalue weighted by atomic mass is 127. The van der Waals surface area contributed by atoms with Crippen molar-refractivity contribution in [2.24, 2.45) is 4.99 Å². The van der Waals surface area contributed by atoms with Crippen LogP contribution < -0.4 is 10.6 Å². The number of halogens is 1. The molecule has 0 aromatic carbocycles. The van der Waals surface area contributed by atoms with Crippen molar-refractivity contribution in [2.75, 3.05) is 52.5 Å². The van der Waals surface area contributed by atoms with Gasteiger partial charge in [0.2, 0.25) is 0 Å². The first-order valence-corrected chi connectivity index (χ1v) is 9.13. The maximum atomic E-state index is 5.77. The quantitative estimate of drug-likeness (QED) is 0.228. The summed E-state index contributed by atoms with van der Waals surface area (Å²) in [6.45, 7) is 15.8. The van der Waals surface area contributed by atoms with Gasteiger partial charge in [-0.2, -0.15) is 0 Å². The zero-order valence-electron chi connectivity index (χ0n) is 15.8. The highest BCUT2D eigenvalue weighted by molar-refractivity contribution is 14.0. The van der Waals surface area contributed by atoms with Crippen LogP contribution >= 0.6 is 24.0 Å². The van der Waals surface area contributed by atoms with E-state index in [1.165, 1.54) is 0 Å². The molecule has 1 aliphatic heterocycles. The molecule has 2 unspecified atom stereocenters. The summed E-state index contributed by atoms with van der Waals surface area (Å²) in [6, 6.07) is 0. The average Bonchev–Trinajstić information content (AvgIpc) is 2.50. The van der Waals surface area contributed by atoms with E-state index < -0.39 is 0 Å². The highest BCUT2D eigenvalue weighted by Crippen LogP contribution is 2.10. The molecule has 0 amide bonds. The Balaban J connectivity index is 0.00000529. The number of aliphatic imine (C=N–C) groups is 1. The van der Waals surface area contributed by atoms with E-state index in [4.69, 9.17) is 9.47 Å². The standard InChI is InChI=1S/C17H36N4O2.HI/c1-5-18-17(20-10-8-12-22-6-2)19-9-7-11-21-13-15(3)23-16(4)14-21;/h15-16H,5-14H2,1-4H3,(H2,18,19,20);1H. The monoisotopic (exact) mass is 456 g/mol. The van der Waals surface area contributed by atoms with E-state index in [9.17, 15) is 0 Å². The van der Waals surface area contributed by atoms with E-state index in [0.29, 0.717) is 12.2 Å². The molecule has 2 N–H and O–H groups in total. The van der Waals surface area contributed by atoms with Gasteiger partial charge in [-0.1, -0.05) is 0 Å². The smallest absolute Gasteiger partial charge is 0.191 e. The van der Waals surface area contributed by atoms with E-state index in [1.807, 2.05) is 6.92 Å². The number of rotatable bonds is 10. The molecular weight excluding hydrogens is 419 g/mol. The zero-order valence-corrected chi connectivity index (χ0v) is 18.2. The lowest BCUT2D eigenvalue weighted by atomic mass is 10.2. The molecule has 1 aliphatic rings. The Bertz CT molecular complexity index is 322. The predicted molar refractivity (Wildman–Crippen MR) is 112 cm³/mol. The Morgan fingerprint density at radius 1 is 1.17 bits per heavy atom. The number of nitrogens with one attached hydrogen (secondary N) is 2. The third-order valence-corrected chi connectivity index (χ3v) is 3.70. The molecule has 7 heteroatoms. The molecule has 0 spiro atoms. The molecular formula is C17H37IN4O2. The molecule has 144 valence electrons. The fraction of sp³-hybridized carbons (Fsp3) is 0.941. The summed E-state index contributed by atoms with van der Waals surface area (Å²) >= 11 is 0. The molecule has 1 heterocycles. The van der Waals surface area contributed by atoms with Gasteiger partial charge in [-0.15, -0.1) is 24.0 Å². The summed E-state index contributed by atoms with van der Waals surface area (Å²) in [4.78, 5) is 7.07. The van der Waals surface area contributed by atoms with Crippen molar-refractivity contribution in [1.82, 2.24) is 15.5 Å². The lowest BCUT2D eigenvalue weighted by Crippen LogP contribution is -2.46. The van der Waals surface area contributed by atoms with Crippen LogP contribution in [0.4, 0.5) is 0 Å². The van der Waals surface area contributed by atoms with Crippen LogP contribution in [0.1, 0.15) is 40.5 Å². The first kappa shape index (κ1) is 23.9. The second-order valence-electron chi connectivity index (χ2n) is 6.11. The number of hydrogen-bond donors (Lipinski definition) is 2. The van der Waals surface area contributed by atoms with Gasteiger partial charge in [0.1, 0.15) is 0 Å². The maximum Gasteiger partial charge on any atom is 0.191 e. The summed E-state index contributed by atoms with van der Waals surface area (Å²) in [5, 5.41) is 6.70. The predicted octanol–water partition coefficient (Wildman–Crippen LogP) is 2.09. The lowest BCUT2D eigenvalue weighted by Gasteiger charge is -2.35. The minimum Gasteiger partial charge on any atom is -0.382 e. The van der Waals surface area contributed by atoms with Crippen molar-refractivity contribution in [2.45, 2.75) is 52.7 Å². The third kappa shape index (κ3) is 11.4. The Labute approximate surface area is 165 Å². The minimum atomic E-state index is 0. The van der Waals surface area contributed by atoms with Crippen molar-refractivity contribution < 1.29 is 9.47 Å². The Kier molecular flexibility index (Phi) is 15.1. The van der Waals surface area contributed by atoms with Gasteiger partial charge in [0.25, 0.3) is 0 Å². The Morgan fingerprint density at radius 3 is 2.50 bits per heavy atom.